The fourth-order valence-corrected chi connectivity index (χ4v) is 2.33. The Labute approximate surface area is 162 Å². The van der Waals surface area contributed by atoms with Crippen LogP contribution in [0.4, 0.5) is 11.4 Å². The zero-order chi connectivity index (χ0) is 19.9. The molecule has 0 saturated heterocycles. The zero-order valence-electron chi connectivity index (χ0n) is 15.5. The van der Waals surface area contributed by atoms with E-state index in [0.717, 1.165) is 11.3 Å². The number of azo groups is 1. The van der Waals surface area contributed by atoms with Gasteiger partial charge in [0.2, 0.25) is 0 Å². The molecule has 28 heavy (non-hydrogen) atoms. The van der Waals surface area contributed by atoms with Gasteiger partial charge >= 0.3 is 0 Å². The summed E-state index contributed by atoms with van der Waals surface area (Å²) in [6.45, 7) is 4.05. The van der Waals surface area contributed by atoms with Crippen LogP contribution in [0.15, 0.2) is 76.3 Å². The number of nitrogens with zero attached hydrogens (tertiary/aromatic N) is 4. The topological polar surface area (TPSA) is 99.3 Å². The highest BCUT2D eigenvalue weighted by atomic mass is 16.3. The van der Waals surface area contributed by atoms with E-state index in [-0.39, 0.29) is 5.75 Å². The number of hydrogen-bond acceptors (Lipinski definition) is 6. The summed E-state index contributed by atoms with van der Waals surface area (Å²) in [4.78, 5) is 15.8. The number of aromatic hydroxyl groups is 1. The number of aromatic nitrogens is 1. The quantitative estimate of drug-likeness (QED) is 0.389. The van der Waals surface area contributed by atoms with Crippen LogP contribution in [0.3, 0.4) is 0 Å². The molecule has 0 unspecified atom stereocenters. The summed E-state index contributed by atoms with van der Waals surface area (Å²) in [5.74, 6) is -0.376. The number of benzene rings is 2. The number of nitrogens with one attached hydrogen (secondary N) is 1. The molecule has 0 aliphatic rings. The van der Waals surface area contributed by atoms with E-state index in [4.69, 9.17) is 0 Å². The van der Waals surface area contributed by atoms with E-state index < -0.39 is 5.91 Å². The summed E-state index contributed by atoms with van der Waals surface area (Å²) < 4.78 is 0. The predicted molar refractivity (Wildman–Crippen MR) is 107 cm³/mol. The van der Waals surface area contributed by atoms with Crippen LogP contribution < -0.4 is 5.43 Å². The summed E-state index contributed by atoms with van der Waals surface area (Å²) in [5, 5.41) is 22.3. The van der Waals surface area contributed by atoms with Crippen molar-refractivity contribution in [3.8, 4) is 5.75 Å². The number of hydrogen-bond donors (Lipinski definition) is 2. The van der Waals surface area contributed by atoms with Gasteiger partial charge in [-0.1, -0.05) is 6.07 Å². The van der Waals surface area contributed by atoms with Gasteiger partial charge in [-0.05, 0) is 67.4 Å². The normalized spacial score (nSPS) is 11.2. The summed E-state index contributed by atoms with van der Waals surface area (Å²) in [6.07, 6.45) is 4.37. The van der Waals surface area contributed by atoms with Gasteiger partial charge < -0.3 is 5.11 Å². The Morgan fingerprint density at radius 2 is 1.79 bits per heavy atom. The molecule has 1 amide bonds. The van der Waals surface area contributed by atoms with Crippen molar-refractivity contribution < 1.29 is 9.90 Å². The highest BCUT2D eigenvalue weighted by molar-refractivity contribution is 5.94. The molecule has 0 saturated carbocycles. The lowest BCUT2D eigenvalue weighted by molar-refractivity contribution is 0.0954. The minimum Gasteiger partial charge on any atom is -0.507 e. The van der Waals surface area contributed by atoms with E-state index in [1.165, 1.54) is 24.0 Å². The molecular formula is C21H19N5O2. The molecule has 2 N–H and O–H groups in total. The van der Waals surface area contributed by atoms with Crippen molar-refractivity contribution in [3.63, 3.8) is 0 Å². The average molecular weight is 373 g/mol. The van der Waals surface area contributed by atoms with Crippen molar-refractivity contribution in [2.75, 3.05) is 0 Å². The lowest BCUT2D eigenvalue weighted by Gasteiger charge is -2.02. The van der Waals surface area contributed by atoms with E-state index in [1.54, 1.807) is 30.5 Å². The molecule has 0 atom stereocenters. The highest BCUT2D eigenvalue weighted by Crippen LogP contribution is 2.25. The Balaban J connectivity index is 1.71. The molecule has 3 aromatic rings. The third-order valence-corrected chi connectivity index (χ3v) is 4.08. The van der Waals surface area contributed by atoms with Gasteiger partial charge in [0.15, 0.2) is 0 Å². The summed E-state index contributed by atoms with van der Waals surface area (Å²) in [6, 6.07) is 13.9. The van der Waals surface area contributed by atoms with Gasteiger partial charge in [-0.25, -0.2) is 5.43 Å². The second-order valence-corrected chi connectivity index (χ2v) is 6.15. The van der Waals surface area contributed by atoms with Crippen LogP contribution in [-0.2, 0) is 0 Å². The van der Waals surface area contributed by atoms with Gasteiger partial charge in [-0.2, -0.15) is 15.3 Å². The molecule has 0 aliphatic heterocycles. The van der Waals surface area contributed by atoms with Crippen LogP contribution in [0.1, 0.15) is 27.0 Å². The first-order valence-corrected chi connectivity index (χ1v) is 8.58. The number of phenols is 1. The van der Waals surface area contributed by atoms with Crippen LogP contribution in [0.2, 0.25) is 0 Å². The Bertz CT molecular complexity index is 1050. The fraction of sp³-hybridized carbons (Fsp3) is 0.0952. The molecule has 0 aliphatic carbocycles. The van der Waals surface area contributed by atoms with E-state index in [0.29, 0.717) is 16.8 Å². The lowest BCUT2D eigenvalue weighted by atomic mass is 10.1. The van der Waals surface area contributed by atoms with Crippen molar-refractivity contribution >= 4 is 23.5 Å². The molecule has 1 aromatic heterocycles. The first-order valence-electron chi connectivity index (χ1n) is 8.58. The Kier molecular flexibility index (Phi) is 5.86. The molecule has 7 nitrogen and oxygen atoms in total. The predicted octanol–water partition coefficient (Wildman–Crippen LogP) is 4.58. The molecule has 0 spiro atoms. The maximum absolute atomic E-state index is 11.9. The smallest absolute Gasteiger partial charge is 0.272 e. The third-order valence-electron chi connectivity index (χ3n) is 4.08. The van der Waals surface area contributed by atoms with Crippen LogP contribution in [0.25, 0.3) is 0 Å². The minimum absolute atomic E-state index is 0.0181. The number of carbonyl (C=O) groups excluding carboxylic acids is 1. The number of aryl methyl sites for hydroxylation is 2. The zero-order valence-corrected chi connectivity index (χ0v) is 15.5. The largest absolute Gasteiger partial charge is 0.507 e. The van der Waals surface area contributed by atoms with Gasteiger partial charge in [-0.3, -0.25) is 9.78 Å². The molecular weight excluding hydrogens is 354 g/mol. The summed E-state index contributed by atoms with van der Waals surface area (Å²) in [5.41, 5.74) is 6.81. The number of amides is 1. The van der Waals surface area contributed by atoms with Gasteiger partial charge in [-0.15, -0.1) is 0 Å². The molecule has 0 fully saturated rings. The van der Waals surface area contributed by atoms with Crippen molar-refractivity contribution in [1.82, 2.24) is 10.4 Å². The number of carbonyl (C=O) groups is 1. The molecule has 3 rings (SSSR count). The second-order valence-electron chi connectivity index (χ2n) is 6.15. The van der Waals surface area contributed by atoms with Gasteiger partial charge in [0.05, 0.1) is 23.2 Å². The van der Waals surface area contributed by atoms with Gasteiger partial charge in [0.1, 0.15) is 5.75 Å². The second kappa shape index (κ2) is 8.68. The molecule has 1 heterocycles. The van der Waals surface area contributed by atoms with Crippen molar-refractivity contribution in [1.29, 1.82) is 0 Å². The minimum atomic E-state index is -0.394. The van der Waals surface area contributed by atoms with Crippen molar-refractivity contribution in [2.45, 2.75) is 13.8 Å². The molecule has 140 valence electrons. The lowest BCUT2D eigenvalue weighted by Crippen LogP contribution is -2.17. The monoisotopic (exact) mass is 373 g/mol. The SMILES string of the molecule is Cc1ccc(N=Nc2ccc(O)c(/C=N\NC(=O)c3cccnc3)c2)cc1C. The van der Waals surface area contributed by atoms with E-state index in [9.17, 15) is 9.90 Å². The van der Waals surface area contributed by atoms with Gasteiger partial charge in [0, 0.05) is 18.0 Å². The number of hydrazone groups is 1. The molecule has 7 heteroatoms. The van der Waals surface area contributed by atoms with E-state index in [1.807, 2.05) is 32.0 Å². The Morgan fingerprint density at radius 3 is 2.50 bits per heavy atom. The number of pyridine rings is 1. The standard InChI is InChI=1S/C21H19N5O2/c1-14-5-6-18(10-15(14)2)24-25-19-7-8-20(27)17(11-19)13-23-26-21(28)16-4-3-9-22-12-16/h3-13,27H,1-2H3,(H,26,28)/b23-13-,25-24?. The number of rotatable bonds is 5. The Morgan fingerprint density at radius 1 is 1.04 bits per heavy atom. The number of phenolic OH excluding ortho intramolecular Hbond substituents is 1. The maximum Gasteiger partial charge on any atom is 0.272 e. The molecule has 0 radical (unpaired) electrons. The van der Waals surface area contributed by atoms with Crippen LogP contribution in [0.5, 0.6) is 5.75 Å². The highest BCUT2D eigenvalue weighted by Gasteiger charge is 2.04. The van der Waals surface area contributed by atoms with E-state index >= 15 is 0 Å². The molecule has 0 bridgehead atoms. The van der Waals surface area contributed by atoms with Crippen molar-refractivity contribution in [2.24, 2.45) is 15.3 Å². The maximum atomic E-state index is 11.9. The van der Waals surface area contributed by atoms with Crippen LogP contribution >= 0.6 is 0 Å². The third kappa shape index (κ3) is 4.85. The average Bonchev–Trinajstić information content (AvgIpc) is 2.71. The first-order chi connectivity index (χ1) is 13.5. The van der Waals surface area contributed by atoms with Crippen LogP contribution in [0, 0.1) is 13.8 Å². The molecule has 2 aromatic carbocycles. The Hall–Kier alpha value is -3.87. The van der Waals surface area contributed by atoms with Crippen molar-refractivity contribution in [3.05, 3.63) is 83.2 Å². The summed E-state index contributed by atoms with van der Waals surface area (Å²) in [7, 11) is 0. The van der Waals surface area contributed by atoms with Crippen LogP contribution in [-0.4, -0.2) is 22.2 Å². The summed E-state index contributed by atoms with van der Waals surface area (Å²) >= 11 is 0. The fourth-order valence-electron chi connectivity index (χ4n) is 2.33. The van der Waals surface area contributed by atoms with Gasteiger partial charge in [0.25, 0.3) is 5.91 Å². The van der Waals surface area contributed by atoms with E-state index in [2.05, 4.69) is 25.7 Å². The first kappa shape index (κ1) is 18.9.